The Hall–Kier alpha value is -4.40. The van der Waals surface area contributed by atoms with E-state index >= 15 is 0 Å². The van der Waals surface area contributed by atoms with Crippen LogP contribution in [0.3, 0.4) is 0 Å². The molecule has 1 N–H and O–H groups in total. The summed E-state index contributed by atoms with van der Waals surface area (Å²) in [5, 5.41) is 12.1. The Morgan fingerprint density at radius 1 is 1.12 bits per heavy atom. The first-order valence-electron chi connectivity index (χ1n) is 10.3. The number of para-hydroxylation sites is 1. The lowest BCUT2D eigenvalue weighted by Gasteiger charge is -2.09. The van der Waals surface area contributed by atoms with Crippen LogP contribution < -0.4 is 5.32 Å². The highest BCUT2D eigenvalue weighted by atomic mass is 19.1. The highest BCUT2D eigenvalue weighted by Crippen LogP contribution is 2.27. The number of carbonyl (C=O) groups excluding carboxylic acids is 1. The van der Waals surface area contributed by atoms with Crippen molar-refractivity contribution in [3.63, 3.8) is 0 Å². The summed E-state index contributed by atoms with van der Waals surface area (Å²) in [5.41, 5.74) is 4.37. The number of pyridine rings is 1. The van der Waals surface area contributed by atoms with Gasteiger partial charge in [0, 0.05) is 23.7 Å². The Bertz CT molecular complexity index is 1490. The summed E-state index contributed by atoms with van der Waals surface area (Å²) >= 11 is 0. The van der Waals surface area contributed by atoms with Crippen molar-refractivity contribution in [1.29, 1.82) is 0 Å². The molecule has 0 bridgehead atoms. The number of nitrogens with zero attached hydrogens (tertiary/aromatic N) is 6. The van der Waals surface area contributed by atoms with E-state index in [2.05, 4.69) is 20.5 Å². The van der Waals surface area contributed by atoms with E-state index in [1.807, 2.05) is 38.2 Å². The smallest absolute Gasteiger partial charge is 0.258 e. The lowest BCUT2D eigenvalue weighted by atomic mass is 10.0. The van der Waals surface area contributed by atoms with Crippen molar-refractivity contribution < 1.29 is 9.18 Å². The predicted molar refractivity (Wildman–Crippen MR) is 122 cm³/mol. The number of anilines is 1. The Balaban J connectivity index is 1.45. The second-order valence-corrected chi connectivity index (χ2v) is 7.69. The molecule has 8 nitrogen and oxygen atoms in total. The Kier molecular flexibility index (Phi) is 5.14. The number of fused-ring (bicyclic) bond motifs is 1. The van der Waals surface area contributed by atoms with Crippen LogP contribution in [0.5, 0.6) is 0 Å². The standard InChI is InChI=1S/C24H20FN7O/c1-15-20(12-27-31(15)2)22-11-19(18-8-3-4-9-21(18)28-22)23(33)29-24-26-14-32(30-24)13-16-6-5-7-17(25)10-16/h3-12,14H,13H2,1-2H3,(H,29,30,33). The molecule has 0 unspecified atom stereocenters. The molecule has 0 aliphatic heterocycles. The Morgan fingerprint density at radius 3 is 2.76 bits per heavy atom. The van der Waals surface area contributed by atoms with Gasteiger partial charge in [-0.2, -0.15) is 5.10 Å². The number of nitrogens with one attached hydrogen (secondary N) is 1. The summed E-state index contributed by atoms with van der Waals surface area (Å²) in [6.07, 6.45) is 3.24. The molecule has 164 valence electrons. The molecule has 0 spiro atoms. The number of hydrogen-bond donors (Lipinski definition) is 1. The molecular formula is C24H20FN7O. The lowest BCUT2D eigenvalue weighted by Crippen LogP contribution is -2.14. The minimum absolute atomic E-state index is 0.163. The van der Waals surface area contributed by atoms with Gasteiger partial charge in [0.1, 0.15) is 12.1 Å². The summed E-state index contributed by atoms with van der Waals surface area (Å²) in [4.78, 5) is 22.1. The zero-order valence-corrected chi connectivity index (χ0v) is 18.0. The number of benzene rings is 2. The van der Waals surface area contributed by atoms with Gasteiger partial charge in [-0.05, 0) is 36.8 Å². The normalized spacial score (nSPS) is 11.1. The van der Waals surface area contributed by atoms with Gasteiger partial charge in [0.05, 0.1) is 29.5 Å². The third-order valence-corrected chi connectivity index (χ3v) is 5.47. The molecule has 5 rings (SSSR count). The fourth-order valence-electron chi connectivity index (χ4n) is 3.67. The highest BCUT2D eigenvalue weighted by Gasteiger charge is 2.17. The van der Waals surface area contributed by atoms with E-state index in [0.717, 1.165) is 22.2 Å². The summed E-state index contributed by atoms with van der Waals surface area (Å²) < 4.78 is 16.7. The Labute approximate surface area is 188 Å². The van der Waals surface area contributed by atoms with Gasteiger partial charge in [0.2, 0.25) is 5.95 Å². The molecule has 5 aromatic rings. The first kappa shape index (κ1) is 20.5. The maximum absolute atomic E-state index is 13.4. The molecule has 2 aromatic carbocycles. The van der Waals surface area contributed by atoms with E-state index in [9.17, 15) is 9.18 Å². The summed E-state index contributed by atoms with van der Waals surface area (Å²) in [7, 11) is 1.86. The van der Waals surface area contributed by atoms with Crippen LogP contribution in [-0.2, 0) is 13.6 Å². The van der Waals surface area contributed by atoms with E-state index in [4.69, 9.17) is 4.98 Å². The van der Waals surface area contributed by atoms with Gasteiger partial charge in [-0.1, -0.05) is 30.3 Å². The van der Waals surface area contributed by atoms with Gasteiger partial charge in [-0.25, -0.2) is 19.0 Å². The molecule has 0 saturated carbocycles. The fraction of sp³-hybridized carbons (Fsp3) is 0.125. The average Bonchev–Trinajstić information content (AvgIpc) is 3.38. The van der Waals surface area contributed by atoms with Crippen molar-refractivity contribution in [1.82, 2.24) is 29.5 Å². The van der Waals surface area contributed by atoms with Crippen LogP contribution in [0.4, 0.5) is 10.3 Å². The molecule has 1 amide bonds. The van der Waals surface area contributed by atoms with Crippen molar-refractivity contribution in [2.45, 2.75) is 13.5 Å². The molecule has 3 aromatic heterocycles. The third kappa shape index (κ3) is 4.08. The quantitative estimate of drug-likeness (QED) is 0.446. The Morgan fingerprint density at radius 2 is 1.97 bits per heavy atom. The van der Waals surface area contributed by atoms with Gasteiger partial charge in [-0.15, -0.1) is 5.10 Å². The van der Waals surface area contributed by atoms with Gasteiger partial charge < -0.3 is 0 Å². The summed E-state index contributed by atoms with van der Waals surface area (Å²) in [6.45, 7) is 2.29. The van der Waals surface area contributed by atoms with Gasteiger partial charge in [-0.3, -0.25) is 14.8 Å². The number of aromatic nitrogens is 6. The van der Waals surface area contributed by atoms with E-state index in [1.54, 1.807) is 33.8 Å². The second kappa shape index (κ2) is 8.27. The molecule has 0 fully saturated rings. The van der Waals surface area contributed by atoms with Crippen LogP contribution in [0.1, 0.15) is 21.6 Å². The lowest BCUT2D eigenvalue weighted by molar-refractivity contribution is 0.102. The molecule has 0 aliphatic rings. The minimum atomic E-state index is -0.347. The average molecular weight is 441 g/mol. The fourth-order valence-corrected chi connectivity index (χ4v) is 3.67. The maximum atomic E-state index is 13.4. The monoisotopic (exact) mass is 441 g/mol. The summed E-state index contributed by atoms with van der Waals surface area (Å²) in [5.74, 6) is -0.498. The zero-order chi connectivity index (χ0) is 22.9. The summed E-state index contributed by atoms with van der Waals surface area (Å²) in [6, 6.07) is 15.5. The molecule has 33 heavy (non-hydrogen) atoms. The largest absolute Gasteiger partial charge is 0.289 e. The number of amides is 1. The highest BCUT2D eigenvalue weighted by molar-refractivity contribution is 6.12. The van der Waals surface area contributed by atoms with E-state index in [1.165, 1.54) is 18.5 Å². The van der Waals surface area contributed by atoms with Crippen LogP contribution in [0.15, 0.2) is 67.1 Å². The maximum Gasteiger partial charge on any atom is 0.258 e. The van der Waals surface area contributed by atoms with Crippen molar-refractivity contribution in [3.8, 4) is 11.3 Å². The number of aryl methyl sites for hydroxylation is 1. The minimum Gasteiger partial charge on any atom is -0.289 e. The predicted octanol–water partition coefficient (Wildman–Crippen LogP) is 3.97. The number of rotatable bonds is 5. The first-order chi connectivity index (χ1) is 16.0. The SMILES string of the molecule is Cc1c(-c2cc(C(=O)Nc3ncn(Cc4cccc(F)c4)n3)c3ccccc3n2)cnn1C. The topological polar surface area (TPSA) is 90.5 Å². The van der Waals surface area contributed by atoms with Gasteiger partial charge >= 0.3 is 0 Å². The van der Waals surface area contributed by atoms with Crippen molar-refractivity contribution >= 4 is 22.8 Å². The van der Waals surface area contributed by atoms with E-state index in [-0.39, 0.29) is 17.7 Å². The molecule has 3 heterocycles. The molecule has 0 saturated heterocycles. The number of halogens is 1. The molecule has 0 radical (unpaired) electrons. The first-order valence-corrected chi connectivity index (χ1v) is 10.3. The second-order valence-electron chi connectivity index (χ2n) is 7.69. The molecule has 0 atom stereocenters. The van der Waals surface area contributed by atoms with Crippen LogP contribution in [0.2, 0.25) is 0 Å². The van der Waals surface area contributed by atoms with Crippen molar-refractivity contribution in [2.24, 2.45) is 7.05 Å². The van der Waals surface area contributed by atoms with Crippen molar-refractivity contribution in [2.75, 3.05) is 5.32 Å². The molecular weight excluding hydrogens is 421 g/mol. The third-order valence-electron chi connectivity index (χ3n) is 5.47. The van der Waals surface area contributed by atoms with Crippen LogP contribution >= 0.6 is 0 Å². The zero-order valence-electron chi connectivity index (χ0n) is 18.0. The van der Waals surface area contributed by atoms with Gasteiger partial charge in [0.15, 0.2) is 0 Å². The van der Waals surface area contributed by atoms with E-state index < -0.39 is 0 Å². The number of carbonyl (C=O) groups is 1. The van der Waals surface area contributed by atoms with Crippen molar-refractivity contribution in [3.05, 3.63) is 89.8 Å². The molecule has 0 aliphatic carbocycles. The number of hydrogen-bond acceptors (Lipinski definition) is 5. The van der Waals surface area contributed by atoms with Crippen LogP contribution in [0, 0.1) is 12.7 Å². The van der Waals surface area contributed by atoms with E-state index in [0.29, 0.717) is 23.3 Å². The van der Waals surface area contributed by atoms with Crippen LogP contribution in [0.25, 0.3) is 22.2 Å². The van der Waals surface area contributed by atoms with Gasteiger partial charge in [0.25, 0.3) is 5.91 Å². The molecule has 9 heteroatoms. The van der Waals surface area contributed by atoms with Crippen LogP contribution in [-0.4, -0.2) is 35.4 Å².